The molecule has 1 aliphatic heterocycles. The number of rotatable bonds is 2. The fourth-order valence-corrected chi connectivity index (χ4v) is 4.14. The Balaban J connectivity index is 2.51. The second kappa shape index (κ2) is 6.10. The number of aromatic nitrogens is 1. The van der Waals surface area contributed by atoms with Gasteiger partial charge in [0, 0.05) is 17.6 Å². The average molecular weight is 263 g/mol. The smallest absolute Gasteiger partial charge is 0.0466 e. The van der Waals surface area contributed by atoms with E-state index < -0.39 is 0 Å². The van der Waals surface area contributed by atoms with Crippen LogP contribution >= 0.6 is 11.8 Å². The first-order valence-electron chi connectivity index (χ1n) is 7.16. The van der Waals surface area contributed by atoms with Gasteiger partial charge in [0.25, 0.3) is 0 Å². The molecule has 1 atom stereocenters. The SMILES string of the molecule is CC(C)c1nccc2c1C(C(C)C)CSCCC2. The molecule has 2 heteroatoms. The highest BCUT2D eigenvalue weighted by atomic mass is 32.2. The van der Waals surface area contributed by atoms with E-state index in [0.29, 0.717) is 17.8 Å². The summed E-state index contributed by atoms with van der Waals surface area (Å²) in [4.78, 5) is 4.69. The molecule has 0 saturated heterocycles. The van der Waals surface area contributed by atoms with Crippen LogP contribution in [0.2, 0.25) is 0 Å². The van der Waals surface area contributed by atoms with Crippen molar-refractivity contribution in [3.8, 4) is 0 Å². The standard InChI is InChI=1S/C16H25NS/c1-11(2)14-10-18-9-5-6-13-7-8-17-16(12(3)4)15(13)14/h7-8,11-12,14H,5-6,9-10H2,1-4H3. The largest absolute Gasteiger partial charge is 0.261 e. The van der Waals surface area contributed by atoms with Gasteiger partial charge in [0.1, 0.15) is 0 Å². The second-order valence-corrected chi connectivity index (χ2v) is 7.10. The van der Waals surface area contributed by atoms with E-state index in [0.717, 1.165) is 0 Å². The second-order valence-electron chi connectivity index (χ2n) is 5.95. The fourth-order valence-electron chi connectivity index (χ4n) is 2.82. The Labute approximate surface area is 116 Å². The van der Waals surface area contributed by atoms with Gasteiger partial charge in [-0.05, 0) is 53.5 Å². The molecule has 0 radical (unpaired) electrons. The summed E-state index contributed by atoms with van der Waals surface area (Å²) in [5.74, 6) is 4.48. The predicted octanol–water partition coefficient (Wildman–Crippen LogP) is 4.62. The van der Waals surface area contributed by atoms with Gasteiger partial charge in [-0.25, -0.2) is 0 Å². The lowest BCUT2D eigenvalue weighted by atomic mass is 9.82. The number of aryl methyl sites for hydroxylation is 1. The van der Waals surface area contributed by atoms with Crippen molar-refractivity contribution < 1.29 is 0 Å². The van der Waals surface area contributed by atoms with Gasteiger partial charge < -0.3 is 0 Å². The lowest BCUT2D eigenvalue weighted by molar-refractivity contribution is 0.525. The summed E-state index contributed by atoms with van der Waals surface area (Å²) in [5.41, 5.74) is 4.48. The monoisotopic (exact) mass is 263 g/mol. The average Bonchev–Trinajstić information content (AvgIpc) is 2.28. The lowest BCUT2D eigenvalue weighted by Crippen LogP contribution is -2.18. The van der Waals surface area contributed by atoms with E-state index in [-0.39, 0.29) is 0 Å². The fraction of sp³-hybridized carbons (Fsp3) is 0.688. The molecule has 1 aromatic heterocycles. The molecule has 0 fully saturated rings. The van der Waals surface area contributed by atoms with E-state index in [1.807, 2.05) is 6.20 Å². The van der Waals surface area contributed by atoms with Crippen LogP contribution in [0.1, 0.15) is 62.8 Å². The highest BCUT2D eigenvalue weighted by Gasteiger charge is 2.25. The van der Waals surface area contributed by atoms with Crippen molar-refractivity contribution in [1.82, 2.24) is 4.98 Å². The quantitative estimate of drug-likeness (QED) is 0.772. The molecule has 1 nitrogen and oxygen atoms in total. The molecule has 0 bridgehead atoms. The highest BCUT2D eigenvalue weighted by molar-refractivity contribution is 7.99. The van der Waals surface area contributed by atoms with Crippen LogP contribution in [0.5, 0.6) is 0 Å². The first kappa shape index (κ1) is 13.9. The zero-order valence-electron chi connectivity index (χ0n) is 12.1. The van der Waals surface area contributed by atoms with Gasteiger partial charge in [0.05, 0.1) is 0 Å². The van der Waals surface area contributed by atoms with Crippen molar-refractivity contribution in [2.75, 3.05) is 11.5 Å². The van der Waals surface area contributed by atoms with Crippen LogP contribution in [0.25, 0.3) is 0 Å². The van der Waals surface area contributed by atoms with Crippen LogP contribution in [0.15, 0.2) is 12.3 Å². The molecule has 0 amide bonds. The molecule has 0 saturated carbocycles. The summed E-state index contributed by atoms with van der Waals surface area (Å²) in [6, 6.07) is 2.26. The van der Waals surface area contributed by atoms with Crippen molar-refractivity contribution in [3.05, 3.63) is 29.1 Å². The van der Waals surface area contributed by atoms with Crippen molar-refractivity contribution in [2.24, 2.45) is 5.92 Å². The number of nitrogens with zero attached hydrogens (tertiary/aromatic N) is 1. The molecule has 0 aliphatic carbocycles. The topological polar surface area (TPSA) is 12.9 Å². The van der Waals surface area contributed by atoms with E-state index in [1.54, 1.807) is 11.1 Å². The van der Waals surface area contributed by atoms with E-state index in [1.165, 1.54) is 30.0 Å². The van der Waals surface area contributed by atoms with Crippen molar-refractivity contribution >= 4 is 11.8 Å². The third-order valence-corrected chi connectivity index (χ3v) is 5.04. The molecule has 2 rings (SSSR count). The van der Waals surface area contributed by atoms with Gasteiger partial charge in [-0.1, -0.05) is 27.7 Å². The maximum Gasteiger partial charge on any atom is 0.0466 e. The Bertz CT molecular complexity index is 398. The number of fused-ring (bicyclic) bond motifs is 1. The van der Waals surface area contributed by atoms with Crippen LogP contribution in [0.3, 0.4) is 0 Å². The summed E-state index contributed by atoms with van der Waals surface area (Å²) in [6.45, 7) is 9.25. The molecule has 2 heterocycles. The Morgan fingerprint density at radius 2 is 2.06 bits per heavy atom. The third kappa shape index (κ3) is 2.90. The summed E-state index contributed by atoms with van der Waals surface area (Å²) in [7, 11) is 0. The summed E-state index contributed by atoms with van der Waals surface area (Å²) < 4.78 is 0. The molecule has 0 aromatic carbocycles. The molecule has 0 N–H and O–H groups in total. The Kier molecular flexibility index (Phi) is 4.71. The summed E-state index contributed by atoms with van der Waals surface area (Å²) >= 11 is 2.12. The van der Waals surface area contributed by atoms with Crippen molar-refractivity contribution in [2.45, 2.75) is 52.4 Å². The molecule has 18 heavy (non-hydrogen) atoms. The number of pyridine rings is 1. The first-order chi connectivity index (χ1) is 8.61. The van der Waals surface area contributed by atoms with Gasteiger partial charge in [-0.3, -0.25) is 4.98 Å². The van der Waals surface area contributed by atoms with Gasteiger partial charge in [0.2, 0.25) is 0 Å². The minimum atomic E-state index is 0.533. The zero-order valence-corrected chi connectivity index (χ0v) is 12.9. The highest BCUT2D eigenvalue weighted by Crippen LogP contribution is 2.37. The van der Waals surface area contributed by atoms with Crippen molar-refractivity contribution in [1.29, 1.82) is 0 Å². The maximum absolute atomic E-state index is 4.69. The van der Waals surface area contributed by atoms with Crippen molar-refractivity contribution in [3.63, 3.8) is 0 Å². The summed E-state index contributed by atoms with van der Waals surface area (Å²) in [6.07, 6.45) is 4.55. The maximum atomic E-state index is 4.69. The Morgan fingerprint density at radius 3 is 2.72 bits per heavy atom. The van der Waals surface area contributed by atoms with Crippen LogP contribution in [-0.4, -0.2) is 16.5 Å². The summed E-state index contributed by atoms with van der Waals surface area (Å²) in [5, 5.41) is 0. The molecular weight excluding hydrogens is 238 g/mol. The van der Waals surface area contributed by atoms with E-state index in [2.05, 4.69) is 50.5 Å². The number of thioether (sulfide) groups is 1. The van der Waals surface area contributed by atoms with Gasteiger partial charge in [-0.15, -0.1) is 0 Å². The molecular formula is C16H25NS. The minimum absolute atomic E-state index is 0.533. The minimum Gasteiger partial charge on any atom is -0.261 e. The molecule has 1 unspecified atom stereocenters. The predicted molar refractivity (Wildman–Crippen MR) is 81.6 cm³/mol. The van der Waals surface area contributed by atoms with E-state index >= 15 is 0 Å². The van der Waals surface area contributed by atoms with Crippen LogP contribution < -0.4 is 0 Å². The number of hydrogen-bond donors (Lipinski definition) is 0. The number of hydrogen-bond acceptors (Lipinski definition) is 2. The Morgan fingerprint density at radius 1 is 1.28 bits per heavy atom. The lowest BCUT2D eigenvalue weighted by Gasteiger charge is -2.29. The van der Waals surface area contributed by atoms with E-state index in [9.17, 15) is 0 Å². The molecule has 0 spiro atoms. The van der Waals surface area contributed by atoms with E-state index in [4.69, 9.17) is 0 Å². The zero-order chi connectivity index (χ0) is 13.1. The first-order valence-corrected chi connectivity index (χ1v) is 8.32. The van der Waals surface area contributed by atoms with Gasteiger partial charge in [-0.2, -0.15) is 11.8 Å². The third-order valence-electron chi connectivity index (χ3n) is 3.87. The Hall–Kier alpha value is -0.500. The molecule has 100 valence electrons. The normalized spacial score (nSPS) is 20.7. The van der Waals surface area contributed by atoms with Crippen LogP contribution in [-0.2, 0) is 6.42 Å². The van der Waals surface area contributed by atoms with Gasteiger partial charge in [0.15, 0.2) is 0 Å². The molecule has 1 aliphatic rings. The van der Waals surface area contributed by atoms with Crippen LogP contribution in [0.4, 0.5) is 0 Å². The molecule has 1 aromatic rings. The van der Waals surface area contributed by atoms with Gasteiger partial charge >= 0.3 is 0 Å². The van der Waals surface area contributed by atoms with Crippen LogP contribution in [0, 0.1) is 5.92 Å².